The van der Waals surface area contributed by atoms with Crippen LogP contribution < -0.4 is 10.2 Å². The van der Waals surface area contributed by atoms with Crippen molar-refractivity contribution in [2.24, 2.45) is 17.8 Å². The van der Waals surface area contributed by atoms with Crippen molar-refractivity contribution >= 4 is 17.3 Å². The van der Waals surface area contributed by atoms with Gasteiger partial charge in [-0.2, -0.15) is 0 Å². The maximum atomic E-state index is 12.8. The van der Waals surface area contributed by atoms with E-state index >= 15 is 0 Å². The van der Waals surface area contributed by atoms with Gasteiger partial charge >= 0.3 is 0 Å². The minimum absolute atomic E-state index is 0.108. The first-order chi connectivity index (χ1) is 15.5. The highest BCUT2D eigenvalue weighted by atomic mass is 16.1. The summed E-state index contributed by atoms with van der Waals surface area (Å²) in [5, 5.41) is 3.21. The van der Waals surface area contributed by atoms with E-state index in [1.165, 1.54) is 57.1 Å². The minimum atomic E-state index is 0.108. The Morgan fingerprint density at radius 1 is 0.812 bits per heavy atom. The zero-order valence-electron chi connectivity index (χ0n) is 22.1. The second-order valence-corrected chi connectivity index (χ2v) is 9.67. The molecule has 1 aromatic carbocycles. The zero-order chi connectivity index (χ0) is 23.8. The van der Waals surface area contributed by atoms with Gasteiger partial charge in [0, 0.05) is 30.4 Å². The average molecular weight is 445 g/mol. The molecular weight excluding hydrogens is 392 g/mol. The van der Waals surface area contributed by atoms with E-state index in [0.717, 1.165) is 49.9 Å². The molecular formula is C29H52N2O. The van der Waals surface area contributed by atoms with Gasteiger partial charge in [0.25, 0.3) is 0 Å². The van der Waals surface area contributed by atoms with Crippen LogP contribution >= 0.6 is 0 Å². The summed E-state index contributed by atoms with van der Waals surface area (Å²) in [5.41, 5.74) is 2.20. The summed E-state index contributed by atoms with van der Waals surface area (Å²) in [4.78, 5) is 15.4. The van der Waals surface area contributed by atoms with Crippen LogP contribution in [0.25, 0.3) is 0 Å². The molecule has 0 saturated carbocycles. The molecule has 3 heteroatoms. The van der Waals surface area contributed by atoms with Crippen LogP contribution in [-0.4, -0.2) is 19.0 Å². The van der Waals surface area contributed by atoms with E-state index in [2.05, 4.69) is 70.0 Å². The van der Waals surface area contributed by atoms with Crippen LogP contribution in [0.4, 0.5) is 11.4 Å². The summed E-state index contributed by atoms with van der Waals surface area (Å²) in [6.45, 7) is 15.7. The lowest BCUT2D eigenvalue weighted by molar-refractivity contribution is -0.120. The summed E-state index contributed by atoms with van der Waals surface area (Å²) >= 11 is 0. The molecule has 0 aliphatic rings. The molecule has 184 valence electrons. The van der Waals surface area contributed by atoms with E-state index in [-0.39, 0.29) is 11.8 Å². The molecule has 1 amide bonds. The number of amides is 1. The first kappa shape index (κ1) is 28.5. The van der Waals surface area contributed by atoms with Crippen LogP contribution in [0.15, 0.2) is 24.3 Å². The fourth-order valence-corrected chi connectivity index (χ4v) is 4.64. The quantitative estimate of drug-likeness (QED) is 0.245. The van der Waals surface area contributed by atoms with E-state index in [1.807, 2.05) is 6.07 Å². The van der Waals surface area contributed by atoms with Crippen molar-refractivity contribution in [3.05, 3.63) is 24.3 Å². The summed E-state index contributed by atoms with van der Waals surface area (Å²) in [6.07, 6.45) is 13.1. The zero-order valence-corrected chi connectivity index (χ0v) is 22.1. The van der Waals surface area contributed by atoms with Gasteiger partial charge in [-0.3, -0.25) is 4.79 Å². The monoisotopic (exact) mass is 444 g/mol. The highest BCUT2D eigenvalue weighted by Gasteiger charge is 2.19. The molecule has 2 unspecified atom stereocenters. The number of benzene rings is 1. The van der Waals surface area contributed by atoms with Crippen molar-refractivity contribution in [1.29, 1.82) is 0 Å². The first-order valence-corrected chi connectivity index (χ1v) is 13.7. The Balaban J connectivity index is 3.05. The van der Waals surface area contributed by atoms with E-state index in [0.29, 0.717) is 0 Å². The molecule has 1 rings (SSSR count). The number of hydrogen-bond acceptors (Lipinski definition) is 2. The summed E-state index contributed by atoms with van der Waals surface area (Å²) < 4.78 is 0. The average Bonchev–Trinajstić information content (AvgIpc) is 2.81. The fourth-order valence-electron chi connectivity index (χ4n) is 4.64. The molecule has 32 heavy (non-hydrogen) atoms. The highest BCUT2D eigenvalue weighted by molar-refractivity contribution is 5.93. The summed E-state index contributed by atoms with van der Waals surface area (Å²) in [5.74, 6) is 1.73. The van der Waals surface area contributed by atoms with E-state index in [4.69, 9.17) is 0 Å². The molecule has 3 nitrogen and oxygen atoms in total. The number of anilines is 2. The molecule has 0 radical (unpaired) electrons. The van der Waals surface area contributed by atoms with Gasteiger partial charge in [0.2, 0.25) is 5.91 Å². The van der Waals surface area contributed by atoms with Gasteiger partial charge in [-0.15, -0.1) is 0 Å². The number of nitrogens with zero attached hydrogens (tertiary/aromatic N) is 1. The Bertz CT molecular complexity index is 597. The Hall–Kier alpha value is -1.51. The Labute approximate surface area is 199 Å². The van der Waals surface area contributed by atoms with Crippen LogP contribution in [0.2, 0.25) is 0 Å². The second-order valence-electron chi connectivity index (χ2n) is 9.67. The number of carbonyl (C=O) groups excluding carboxylic acids is 1. The predicted octanol–water partition coefficient (Wildman–Crippen LogP) is 8.69. The van der Waals surface area contributed by atoms with Crippen molar-refractivity contribution in [2.45, 2.75) is 112 Å². The van der Waals surface area contributed by atoms with Crippen molar-refractivity contribution in [3.8, 4) is 0 Å². The molecule has 0 fully saturated rings. The highest BCUT2D eigenvalue weighted by Crippen LogP contribution is 2.27. The number of hydrogen-bond donors (Lipinski definition) is 1. The minimum Gasteiger partial charge on any atom is -0.371 e. The third kappa shape index (κ3) is 10.4. The lowest BCUT2D eigenvalue weighted by Crippen LogP contribution is -2.34. The van der Waals surface area contributed by atoms with Gasteiger partial charge in [-0.25, -0.2) is 0 Å². The Kier molecular flexibility index (Phi) is 15.2. The molecule has 3 atom stereocenters. The van der Waals surface area contributed by atoms with E-state index < -0.39 is 0 Å². The van der Waals surface area contributed by atoms with Gasteiger partial charge in [-0.05, 0) is 55.7 Å². The number of carbonyl (C=O) groups is 1. The van der Waals surface area contributed by atoms with Crippen LogP contribution in [-0.2, 0) is 4.79 Å². The first-order valence-electron chi connectivity index (χ1n) is 13.7. The van der Waals surface area contributed by atoms with Crippen LogP contribution in [0.1, 0.15) is 112 Å². The fraction of sp³-hybridized carbons (Fsp3) is 0.759. The van der Waals surface area contributed by atoms with Crippen molar-refractivity contribution in [2.75, 3.05) is 23.3 Å². The van der Waals surface area contributed by atoms with Crippen molar-refractivity contribution < 1.29 is 4.79 Å². The molecule has 0 spiro atoms. The number of rotatable bonds is 18. The molecule has 1 aromatic rings. The van der Waals surface area contributed by atoms with E-state index in [9.17, 15) is 4.79 Å². The molecule has 0 heterocycles. The maximum absolute atomic E-state index is 12.8. The molecule has 0 aliphatic heterocycles. The van der Waals surface area contributed by atoms with Gasteiger partial charge in [0.15, 0.2) is 0 Å². The predicted molar refractivity (Wildman–Crippen MR) is 143 cm³/mol. The SMILES string of the molecule is CCCCC(CC)CN(C[C@@H](CC)CCCC)c1cccc(NC(=O)C(CC)CCC)c1. The van der Waals surface area contributed by atoms with Crippen molar-refractivity contribution in [3.63, 3.8) is 0 Å². The van der Waals surface area contributed by atoms with E-state index in [1.54, 1.807) is 0 Å². The van der Waals surface area contributed by atoms with Crippen molar-refractivity contribution in [1.82, 2.24) is 0 Å². The lowest BCUT2D eigenvalue weighted by atomic mass is 9.95. The van der Waals surface area contributed by atoms with Crippen LogP contribution in [0.5, 0.6) is 0 Å². The molecule has 0 aromatic heterocycles. The molecule has 0 aliphatic carbocycles. The normalized spacial score (nSPS) is 14.1. The third-order valence-electron chi connectivity index (χ3n) is 7.02. The second kappa shape index (κ2) is 17.0. The standard InChI is InChI=1S/C29H52N2O/c1-7-13-17-24(10-4)22-31(23-25(11-5)18-14-8-2)28-20-15-19-27(21-28)30-29(32)26(12-6)16-9-3/h15,19-21,24-26H,7-14,16-18,22-23H2,1-6H3,(H,30,32)/t24-,25?,26?/m0/s1. The van der Waals surface area contributed by atoms with Gasteiger partial charge in [0.1, 0.15) is 0 Å². The van der Waals surface area contributed by atoms with Gasteiger partial charge in [0.05, 0.1) is 0 Å². The Morgan fingerprint density at radius 2 is 1.41 bits per heavy atom. The van der Waals surface area contributed by atoms with Gasteiger partial charge in [-0.1, -0.05) is 92.6 Å². The van der Waals surface area contributed by atoms with Crippen LogP contribution in [0, 0.1) is 17.8 Å². The summed E-state index contributed by atoms with van der Waals surface area (Å²) in [7, 11) is 0. The lowest BCUT2D eigenvalue weighted by Gasteiger charge is -2.33. The number of unbranched alkanes of at least 4 members (excludes halogenated alkanes) is 2. The van der Waals surface area contributed by atoms with Gasteiger partial charge < -0.3 is 10.2 Å². The third-order valence-corrected chi connectivity index (χ3v) is 7.02. The summed E-state index contributed by atoms with van der Waals surface area (Å²) in [6, 6.07) is 8.59. The molecule has 1 N–H and O–H groups in total. The maximum Gasteiger partial charge on any atom is 0.227 e. The molecule has 0 bridgehead atoms. The van der Waals surface area contributed by atoms with Crippen LogP contribution in [0.3, 0.4) is 0 Å². The molecule has 0 saturated heterocycles. The topological polar surface area (TPSA) is 32.3 Å². The largest absolute Gasteiger partial charge is 0.371 e. The smallest absolute Gasteiger partial charge is 0.227 e. The number of nitrogens with one attached hydrogen (secondary N) is 1. The Morgan fingerprint density at radius 3 is 1.88 bits per heavy atom.